The third kappa shape index (κ3) is 2.89. The summed E-state index contributed by atoms with van der Waals surface area (Å²) in [5.74, 6) is -0.337. The van der Waals surface area contributed by atoms with Gasteiger partial charge in [-0.25, -0.2) is 0 Å². The second-order valence-corrected chi connectivity index (χ2v) is 4.34. The molecule has 1 aromatic heterocycles. The number of alkyl halides is 3. The first-order chi connectivity index (χ1) is 8.49. The van der Waals surface area contributed by atoms with Gasteiger partial charge in [-0.2, -0.15) is 0 Å². The summed E-state index contributed by atoms with van der Waals surface area (Å²) in [5, 5.41) is 1.78. The summed E-state index contributed by atoms with van der Waals surface area (Å²) >= 11 is 1.34. The Morgan fingerprint density at radius 2 is 2.00 bits per heavy atom. The standard InChI is InChI=1S/C12H7F3O2S/c13-12(14,15)17-9-4-3-8(7-16)10(6-9)11-2-1-5-18-11/h1-7H. The van der Waals surface area contributed by atoms with Crippen molar-refractivity contribution in [2.24, 2.45) is 0 Å². The van der Waals surface area contributed by atoms with E-state index in [0.29, 0.717) is 22.3 Å². The van der Waals surface area contributed by atoms with Gasteiger partial charge in [-0.3, -0.25) is 4.79 Å². The fourth-order valence-electron chi connectivity index (χ4n) is 1.48. The predicted molar refractivity (Wildman–Crippen MR) is 61.8 cm³/mol. The molecule has 6 heteroatoms. The molecular formula is C12H7F3O2S. The Morgan fingerprint density at radius 3 is 2.56 bits per heavy atom. The van der Waals surface area contributed by atoms with E-state index in [2.05, 4.69) is 4.74 Å². The lowest BCUT2D eigenvalue weighted by atomic mass is 10.1. The number of carbonyl (C=O) groups is 1. The molecule has 0 amide bonds. The van der Waals surface area contributed by atoms with Crippen LogP contribution in [-0.2, 0) is 0 Å². The third-order valence-electron chi connectivity index (χ3n) is 2.17. The predicted octanol–water partition coefficient (Wildman–Crippen LogP) is 4.13. The van der Waals surface area contributed by atoms with E-state index < -0.39 is 6.36 Å². The van der Waals surface area contributed by atoms with Crippen molar-refractivity contribution in [3.05, 3.63) is 41.3 Å². The van der Waals surface area contributed by atoms with Crippen LogP contribution in [0, 0.1) is 0 Å². The zero-order valence-corrected chi connectivity index (χ0v) is 9.72. The molecule has 1 heterocycles. The SMILES string of the molecule is O=Cc1ccc(OC(F)(F)F)cc1-c1cccs1. The molecule has 0 bridgehead atoms. The first-order valence-electron chi connectivity index (χ1n) is 4.88. The van der Waals surface area contributed by atoms with Gasteiger partial charge in [-0.15, -0.1) is 24.5 Å². The summed E-state index contributed by atoms with van der Waals surface area (Å²) in [4.78, 5) is 11.6. The maximum Gasteiger partial charge on any atom is 0.573 e. The van der Waals surface area contributed by atoms with Crippen LogP contribution in [0.1, 0.15) is 10.4 Å². The van der Waals surface area contributed by atoms with Crippen molar-refractivity contribution in [3.8, 4) is 16.2 Å². The average Bonchev–Trinajstić information content (AvgIpc) is 2.80. The van der Waals surface area contributed by atoms with E-state index in [1.165, 1.54) is 23.5 Å². The van der Waals surface area contributed by atoms with E-state index in [-0.39, 0.29) is 5.75 Å². The van der Waals surface area contributed by atoms with E-state index in [9.17, 15) is 18.0 Å². The zero-order chi connectivity index (χ0) is 13.2. The van der Waals surface area contributed by atoms with Crippen LogP contribution >= 0.6 is 11.3 Å². The molecule has 0 aliphatic carbocycles. The maximum atomic E-state index is 12.1. The third-order valence-corrected chi connectivity index (χ3v) is 3.08. The largest absolute Gasteiger partial charge is 0.573 e. The van der Waals surface area contributed by atoms with Crippen LogP contribution in [0.15, 0.2) is 35.7 Å². The van der Waals surface area contributed by atoms with Gasteiger partial charge in [0.25, 0.3) is 0 Å². The second kappa shape index (κ2) is 4.81. The summed E-state index contributed by atoms with van der Waals surface area (Å²) in [6.07, 6.45) is -4.14. The van der Waals surface area contributed by atoms with E-state index in [1.54, 1.807) is 17.5 Å². The average molecular weight is 272 g/mol. The first kappa shape index (κ1) is 12.6. The molecule has 2 nitrogen and oxygen atoms in total. The second-order valence-electron chi connectivity index (χ2n) is 3.39. The Bertz CT molecular complexity index is 547. The zero-order valence-electron chi connectivity index (χ0n) is 8.90. The van der Waals surface area contributed by atoms with Crippen molar-refractivity contribution in [1.29, 1.82) is 0 Å². The highest BCUT2D eigenvalue weighted by atomic mass is 32.1. The quantitative estimate of drug-likeness (QED) is 0.785. The topological polar surface area (TPSA) is 26.3 Å². The summed E-state index contributed by atoms with van der Waals surface area (Å²) in [6, 6.07) is 7.12. The van der Waals surface area contributed by atoms with E-state index in [1.807, 2.05) is 0 Å². The van der Waals surface area contributed by atoms with Gasteiger partial charge in [0.05, 0.1) is 0 Å². The van der Waals surface area contributed by atoms with Gasteiger partial charge in [0.1, 0.15) is 5.75 Å². The monoisotopic (exact) mass is 272 g/mol. The molecule has 0 aliphatic rings. The minimum Gasteiger partial charge on any atom is -0.406 e. The minimum atomic E-state index is -4.74. The number of carbonyl (C=O) groups excluding carboxylic acids is 1. The van der Waals surface area contributed by atoms with Gasteiger partial charge < -0.3 is 4.74 Å². The number of halogens is 3. The molecule has 0 fully saturated rings. The van der Waals surface area contributed by atoms with Gasteiger partial charge in [-0.05, 0) is 29.6 Å². The molecule has 2 aromatic rings. The molecule has 0 spiro atoms. The van der Waals surface area contributed by atoms with Crippen molar-refractivity contribution in [2.75, 3.05) is 0 Å². The van der Waals surface area contributed by atoms with Gasteiger partial charge in [0.15, 0.2) is 6.29 Å². The lowest BCUT2D eigenvalue weighted by molar-refractivity contribution is -0.274. The molecule has 94 valence electrons. The van der Waals surface area contributed by atoms with Gasteiger partial charge in [-0.1, -0.05) is 6.07 Å². The van der Waals surface area contributed by atoms with Crippen molar-refractivity contribution in [3.63, 3.8) is 0 Å². The van der Waals surface area contributed by atoms with Crippen LogP contribution in [0.3, 0.4) is 0 Å². The molecule has 1 aromatic carbocycles. The smallest absolute Gasteiger partial charge is 0.406 e. The Kier molecular flexibility index (Phi) is 3.38. The molecule has 0 atom stereocenters. The van der Waals surface area contributed by atoms with Gasteiger partial charge in [0, 0.05) is 16.0 Å². The fraction of sp³-hybridized carbons (Fsp3) is 0.0833. The molecule has 0 aliphatic heterocycles. The van der Waals surface area contributed by atoms with Crippen LogP contribution in [-0.4, -0.2) is 12.6 Å². The molecule has 0 radical (unpaired) electrons. The molecule has 0 saturated heterocycles. The summed E-state index contributed by atoms with van der Waals surface area (Å²) < 4.78 is 40.2. The molecule has 0 N–H and O–H groups in total. The molecule has 2 rings (SSSR count). The number of benzene rings is 1. The van der Waals surface area contributed by atoms with Crippen molar-refractivity contribution >= 4 is 17.6 Å². The van der Waals surface area contributed by atoms with Crippen molar-refractivity contribution in [1.82, 2.24) is 0 Å². The minimum absolute atomic E-state index is 0.326. The lowest BCUT2D eigenvalue weighted by Gasteiger charge is -2.10. The van der Waals surface area contributed by atoms with Gasteiger partial charge >= 0.3 is 6.36 Å². The summed E-state index contributed by atoms with van der Waals surface area (Å²) in [5.41, 5.74) is 0.758. The van der Waals surface area contributed by atoms with Gasteiger partial charge in [0.2, 0.25) is 0 Å². The number of ether oxygens (including phenoxy) is 1. The Morgan fingerprint density at radius 1 is 1.22 bits per heavy atom. The highest BCUT2D eigenvalue weighted by Crippen LogP contribution is 2.32. The number of thiophene rings is 1. The maximum absolute atomic E-state index is 12.1. The number of aldehydes is 1. The fourth-order valence-corrected chi connectivity index (χ4v) is 2.25. The Balaban J connectivity index is 2.43. The normalized spacial score (nSPS) is 11.3. The molecule has 0 unspecified atom stereocenters. The van der Waals surface area contributed by atoms with Crippen LogP contribution in [0.2, 0.25) is 0 Å². The molecule has 0 saturated carbocycles. The van der Waals surface area contributed by atoms with E-state index >= 15 is 0 Å². The first-order valence-corrected chi connectivity index (χ1v) is 5.76. The van der Waals surface area contributed by atoms with E-state index in [4.69, 9.17) is 0 Å². The Hall–Kier alpha value is -1.82. The Labute approximate surface area is 105 Å². The highest BCUT2D eigenvalue weighted by molar-refractivity contribution is 7.13. The highest BCUT2D eigenvalue weighted by Gasteiger charge is 2.31. The van der Waals surface area contributed by atoms with Crippen LogP contribution in [0.4, 0.5) is 13.2 Å². The molecular weight excluding hydrogens is 265 g/mol. The van der Waals surface area contributed by atoms with Crippen LogP contribution in [0.25, 0.3) is 10.4 Å². The number of rotatable bonds is 3. The van der Waals surface area contributed by atoms with Crippen molar-refractivity contribution < 1.29 is 22.7 Å². The molecule has 18 heavy (non-hydrogen) atoms. The number of hydrogen-bond donors (Lipinski definition) is 0. The lowest BCUT2D eigenvalue weighted by Crippen LogP contribution is -2.17. The van der Waals surface area contributed by atoms with E-state index in [0.717, 1.165) is 6.07 Å². The number of hydrogen-bond acceptors (Lipinski definition) is 3. The van der Waals surface area contributed by atoms with Crippen LogP contribution in [0.5, 0.6) is 5.75 Å². The summed E-state index contributed by atoms with van der Waals surface area (Å²) in [6.45, 7) is 0. The van der Waals surface area contributed by atoms with Crippen LogP contribution < -0.4 is 4.74 Å². The van der Waals surface area contributed by atoms with Crippen molar-refractivity contribution in [2.45, 2.75) is 6.36 Å². The summed E-state index contributed by atoms with van der Waals surface area (Å²) in [7, 11) is 0.